The number of phosphoric ester groups is 1. The van der Waals surface area contributed by atoms with Crippen molar-refractivity contribution in [3.05, 3.63) is 0 Å². The Bertz CT molecular complexity index is 565. The van der Waals surface area contributed by atoms with Gasteiger partial charge in [-0.05, 0) is 25.7 Å². The zero-order chi connectivity index (χ0) is 28.2. The third-order valence-corrected chi connectivity index (χ3v) is 6.78. The Kier molecular flexibility index (Phi) is 28.6. The summed E-state index contributed by atoms with van der Waals surface area (Å²) in [5.41, 5.74) is 15.3. The number of hydrogen-bond donors (Lipinski definition) is 4. The van der Waals surface area contributed by atoms with Crippen molar-refractivity contribution in [1.29, 1.82) is 0 Å². The Hall–Kier alpha value is -1.19. The van der Waals surface area contributed by atoms with Crippen LogP contribution in [0.25, 0.3) is 0 Å². The molecule has 0 aliphatic heterocycles. The summed E-state index contributed by atoms with van der Waals surface area (Å²) in [6.07, 6.45) is 19.8. The minimum atomic E-state index is -4.08. The summed E-state index contributed by atoms with van der Waals surface area (Å²) in [5, 5.41) is 8.38. The van der Waals surface area contributed by atoms with Crippen LogP contribution in [-0.2, 0) is 18.4 Å². The van der Waals surface area contributed by atoms with E-state index in [2.05, 4.69) is 18.8 Å². The number of carboxylic acid groups (broad SMARTS) is 1. The van der Waals surface area contributed by atoms with Crippen molar-refractivity contribution in [2.24, 2.45) is 22.2 Å². The molecule has 0 aliphatic rings. The molecule has 10 nitrogen and oxygen atoms in total. The van der Waals surface area contributed by atoms with Crippen LogP contribution in [0.5, 0.6) is 0 Å². The molecule has 0 aliphatic carbocycles. The second-order valence-electron chi connectivity index (χ2n) is 9.46. The Labute approximate surface area is 225 Å². The minimum Gasteiger partial charge on any atom is -0.756 e. The third kappa shape index (κ3) is 32.8. The molecule has 0 aromatic carbocycles. The normalized spacial score (nSPS) is 12.0. The lowest BCUT2D eigenvalue weighted by atomic mass is 10.1. The molecular weight excluding hydrogens is 495 g/mol. The van der Waals surface area contributed by atoms with Gasteiger partial charge in [0.25, 0.3) is 7.82 Å². The maximum Gasteiger partial charge on any atom is 0.320 e. The average Bonchev–Trinajstić information content (AvgIpc) is 2.84. The van der Waals surface area contributed by atoms with Gasteiger partial charge in [0.05, 0.1) is 13.2 Å². The SMILES string of the molecule is CCCCCCCCCCOP(=O)([O-])OCCCCCCCCCC.NC(N)=NCCCC(N)C(=O)O. The van der Waals surface area contributed by atoms with Gasteiger partial charge in [0.2, 0.25) is 0 Å². The van der Waals surface area contributed by atoms with Crippen LogP contribution in [0.1, 0.15) is 129 Å². The molecule has 1 atom stereocenters. The number of nitrogens with two attached hydrogens (primary N) is 3. The van der Waals surface area contributed by atoms with E-state index in [1.54, 1.807) is 0 Å². The predicted molar refractivity (Wildman–Crippen MR) is 150 cm³/mol. The van der Waals surface area contributed by atoms with E-state index >= 15 is 0 Å². The van der Waals surface area contributed by atoms with Gasteiger partial charge in [-0.15, -0.1) is 0 Å². The van der Waals surface area contributed by atoms with Crippen molar-refractivity contribution in [1.82, 2.24) is 0 Å². The van der Waals surface area contributed by atoms with Crippen molar-refractivity contribution in [2.75, 3.05) is 19.8 Å². The van der Waals surface area contributed by atoms with Gasteiger partial charge in [0, 0.05) is 6.54 Å². The molecular formula is C26H56N4O6P-. The molecule has 0 rings (SSSR count). The molecule has 0 radical (unpaired) electrons. The number of guanidine groups is 1. The molecule has 11 heteroatoms. The number of hydrogen-bond acceptors (Lipinski definition) is 7. The summed E-state index contributed by atoms with van der Waals surface area (Å²) >= 11 is 0. The first kappa shape index (κ1) is 38.0. The van der Waals surface area contributed by atoms with E-state index < -0.39 is 19.8 Å². The molecule has 37 heavy (non-hydrogen) atoms. The van der Waals surface area contributed by atoms with Crippen LogP contribution in [0.2, 0.25) is 0 Å². The number of rotatable bonds is 25. The van der Waals surface area contributed by atoms with Gasteiger partial charge in [-0.25, -0.2) is 0 Å². The van der Waals surface area contributed by atoms with Crippen LogP contribution in [0, 0.1) is 0 Å². The van der Waals surface area contributed by atoms with E-state index in [0.29, 0.717) is 19.4 Å². The van der Waals surface area contributed by atoms with Gasteiger partial charge in [0.1, 0.15) is 6.04 Å². The van der Waals surface area contributed by atoms with Gasteiger partial charge >= 0.3 is 5.97 Å². The predicted octanol–water partition coefficient (Wildman–Crippen LogP) is 5.22. The van der Waals surface area contributed by atoms with E-state index in [1.165, 1.54) is 64.2 Å². The standard InChI is InChI=1S/C20H43O4P.C6H14N4O2/c1-3-5-7-9-11-13-15-17-19-23-25(21,22)24-20-18-16-14-12-10-8-6-4-2;7-4(5(11)12)2-1-3-10-6(8)9/h3-20H2,1-2H3,(H,21,22);4H,1-3,7H2,(H,11,12)(H4,8,9,10)/p-1. The maximum absolute atomic E-state index is 11.6. The van der Waals surface area contributed by atoms with Crippen molar-refractivity contribution in [3.8, 4) is 0 Å². The molecule has 222 valence electrons. The van der Waals surface area contributed by atoms with Crippen molar-refractivity contribution in [2.45, 2.75) is 135 Å². The molecule has 0 saturated heterocycles. The summed E-state index contributed by atoms with van der Waals surface area (Å²) in [7, 11) is -4.08. The number of phosphoric acid groups is 1. The van der Waals surface area contributed by atoms with Crippen LogP contribution < -0.4 is 22.1 Å². The lowest BCUT2D eigenvalue weighted by Gasteiger charge is -2.22. The molecule has 0 aromatic rings. The van der Waals surface area contributed by atoms with Crippen LogP contribution >= 0.6 is 7.82 Å². The fourth-order valence-electron chi connectivity index (χ4n) is 3.50. The summed E-state index contributed by atoms with van der Waals surface area (Å²) in [6, 6.07) is -0.820. The second-order valence-corrected chi connectivity index (χ2v) is 10.9. The van der Waals surface area contributed by atoms with Gasteiger partial charge in [0.15, 0.2) is 5.96 Å². The Morgan fingerprint density at radius 2 is 1.16 bits per heavy atom. The first-order valence-corrected chi connectivity index (χ1v) is 15.8. The molecule has 0 bridgehead atoms. The molecule has 0 spiro atoms. The highest BCUT2D eigenvalue weighted by Crippen LogP contribution is 2.38. The fourth-order valence-corrected chi connectivity index (χ4v) is 4.28. The lowest BCUT2D eigenvalue weighted by molar-refractivity contribution is -0.225. The molecule has 0 saturated carbocycles. The molecule has 1 unspecified atom stereocenters. The smallest absolute Gasteiger partial charge is 0.320 e. The average molecular weight is 552 g/mol. The van der Waals surface area contributed by atoms with E-state index in [1.807, 2.05) is 0 Å². The van der Waals surface area contributed by atoms with Gasteiger partial charge in [-0.2, -0.15) is 0 Å². The highest BCUT2D eigenvalue weighted by molar-refractivity contribution is 7.45. The third-order valence-electron chi connectivity index (χ3n) is 5.78. The maximum atomic E-state index is 11.6. The van der Waals surface area contributed by atoms with E-state index in [-0.39, 0.29) is 19.2 Å². The quantitative estimate of drug-likeness (QED) is 0.0510. The van der Waals surface area contributed by atoms with Crippen molar-refractivity contribution >= 4 is 19.8 Å². The van der Waals surface area contributed by atoms with Crippen LogP contribution in [-0.4, -0.2) is 42.8 Å². The summed E-state index contributed by atoms with van der Waals surface area (Å²) in [6.45, 7) is 5.37. The van der Waals surface area contributed by atoms with Crippen LogP contribution in [0.3, 0.4) is 0 Å². The summed E-state index contributed by atoms with van der Waals surface area (Å²) in [5.74, 6) is -0.987. The number of carboxylic acids is 1. The highest BCUT2D eigenvalue weighted by Gasteiger charge is 2.10. The summed E-state index contributed by atoms with van der Waals surface area (Å²) in [4.78, 5) is 25.5. The molecule has 0 aromatic heterocycles. The van der Waals surface area contributed by atoms with Gasteiger partial charge in [-0.1, -0.05) is 104 Å². The largest absolute Gasteiger partial charge is 0.756 e. The number of carbonyl (C=O) groups is 1. The van der Waals surface area contributed by atoms with E-state index in [0.717, 1.165) is 38.5 Å². The molecule has 0 fully saturated rings. The Balaban J connectivity index is 0. The lowest BCUT2D eigenvalue weighted by Crippen LogP contribution is -2.30. The van der Waals surface area contributed by atoms with Gasteiger partial charge < -0.3 is 36.2 Å². The first-order valence-electron chi connectivity index (χ1n) is 14.3. The molecule has 7 N–H and O–H groups in total. The molecule has 0 amide bonds. The number of unbranched alkanes of at least 4 members (excludes halogenated alkanes) is 14. The zero-order valence-corrected chi connectivity index (χ0v) is 24.4. The summed E-state index contributed by atoms with van der Waals surface area (Å²) < 4.78 is 21.5. The van der Waals surface area contributed by atoms with Crippen molar-refractivity contribution < 1.29 is 28.4 Å². The minimum absolute atomic E-state index is 0.0129. The van der Waals surface area contributed by atoms with E-state index in [4.69, 9.17) is 31.4 Å². The van der Waals surface area contributed by atoms with Gasteiger partial charge in [-0.3, -0.25) is 14.4 Å². The number of nitrogens with zero attached hydrogens (tertiary/aromatic N) is 1. The topological polar surface area (TPSA) is 186 Å². The zero-order valence-electron chi connectivity index (χ0n) is 23.5. The monoisotopic (exact) mass is 551 g/mol. The van der Waals surface area contributed by atoms with E-state index in [9.17, 15) is 14.3 Å². The second kappa shape index (κ2) is 27.8. The van der Waals surface area contributed by atoms with Crippen LogP contribution in [0.15, 0.2) is 4.99 Å². The first-order chi connectivity index (χ1) is 17.7. The highest BCUT2D eigenvalue weighted by atomic mass is 31.2. The Morgan fingerprint density at radius 1 is 0.784 bits per heavy atom. The molecule has 0 heterocycles. The van der Waals surface area contributed by atoms with Crippen molar-refractivity contribution in [3.63, 3.8) is 0 Å². The number of aliphatic imine (C=N–C) groups is 1. The van der Waals surface area contributed by atoms with Crippen LogP contribution in [0.4, 0.5) is 0 Å². The fraction of sp³-hybridized carbons (Fsp3) is 0.923. The Morgan fingerprint density at radius 3 is 1.51 bits per heavy atom. The number of aliphatic carboxylic acids is 1.